The summed E-state index contributed by atoms with van der Waals surface area (Å²) in [5.41, 5.74) is 3.80. The molecule has 140 valence electrons. The van der Waals surface area contributed by atoms with E-state index in [0.717, 1.165) is 30.6 Å². The number of fused-ring (bicyclic) bond motifs is 1. The van der Waals surface area contributed by atoms with Crippen LogP contribution < -0.4 is 9.67 Å². The van der Waals surface area contributed by atoms with Crippen LogP contribution in [0.2, 0.25) is 5.02 Å². The Kier molecular flexibility index (Phi) is 5.88. The van der Waals surface area contributed by atoms with Crippen molar-refractivity contribution in [3.05, 3.63) is 71.1 Å². The third-order valence-corrected chi connectivity index (χ3v) is 5.26. The van der Waals surface area contributed by atoms with Crippen LogP contribution in [0.3, 0.4) is 0 Å². The van der Waals surface area contributed by atoms with Gasteiger partial charge in [0, 0.05) is 16.5 Å². The van der Waals surface area contributed by atoms with E-state index >= 15 is 0 Å². The average Bonchev–Trinajstić information content (AvgIpc) is 3.24. The molecule has 0 bridgehead atoms. The fourth-order valence-corrected chi connectivity index (χ4v) is 3.69. The van der Waals surface area contributed by atoms with Gasteiger partial charge in [-0.1, -0.05) is 48.0 Å². The molecule has 0 spiro atoms. The van der Waals surface area contributed by atoms with Crippen molar-refractivity contribution in [3.63, 3.8) is 0 Å². The predicted molar refractivity (Wildman–Crippen MR) is 109 cm³/mol. The zero-order valence-corrected chi connectivity index (χ0v) is 16.6. The van der Waals surface area contributed by atoms with Crippen LogP contribution in [0.4, 0.5) is 5.69 Å². The fraction of sp³-hybridized carbons (Fsp3) is 0.238. The number of benzene rings is 2. The molecule has 0 fully saturated rings. The number of hydrogen-bond acceptors (Lipinski definition) is 2. The Balaban J connectivity index is 0.00000210. The second-order valence-electron chi connectivity index (χ2n) is 6.57. The maximum Gasteiger partial charge on any atom is 0.257 e. The van der Waals surface area contributed by atoms with Crippen molar-refractivity contribution < 1.29 is 9.67 Å². The van der Waals surface area contributed by atoms with Gasteiger partial charge in [-0.15, -0.1) is 12.4 Å². The first-order chi connectivity index (χ1) is 12.6. The SMILES string of the molecule is Cc1c(Cl)cccc1N=C([O-])C[n+]1cc(-c2ccccc2)n2c1CCC2.Cl. The van der Waals surface area contributed by atoms with Crippen molar-refractivity contribution in [3.8, 4) is 11.3 Å². The molecular formula is C21H21Cl2N3O. The maximum atomic E-state index is 12.6. The van der Waals surface area contributed by atoms with E-state index in [1.807, 2.05) is 47.9 Å². The van der Waals surface area contributed by atoms with E-state index < -0.39 is 0 Å². The normalized spacial score (nSPS) is 13.3. The van der Waals surface area contributed by atoms with Gasteiger partial charge in [-0.2, -0.15) is 0 Å². The maximum absolute atomic E-state index is 12.6. The van der Waals surface area contributed by atoms with Gasteiger partial charge in [0.25, 0.3) is 5.82 Å². The van der Waals surface area contributed by atoms with Crippen molar-refractivity contribution in [2.45, 2.75) is 32.9 Å². The number of aromatic nitrogens is 2. The Bertz CT molecular complexity index is 981. The zero-order valence-electron chi connectivity index (χ0n) is 15.1. The van der Waals surface area contributed by atoms with Gasteiger partial charge in [-0.25, -0.2) is 9.13 Å². The summed E-state index contributed by atoms with van der Waals surface area (Å²) in [6, 6.07) is 15.7. The summed E-state index contributed by atoms with van der Waals surface area (Å²) in [5, 5.41) is 13.2. The van der Waals surface area contributed by atoms with Crippen molar-refractivity contribution in [1.82, 2.24) is 4.57 Å². The number of nitrogens with zero attached hydrogens (tertiary/aromatic N) is 3. The monoisotopic (exact) mass is 401 g/mol. The average molecular weight is 402 g/mol. The van der Waals surface area contributed by atoms with Crippen molar-refractivity contribution >= 4 is 35.6 Å². The Hall–Kier alpha value is -2.30. The van der Waals surface area contributed by atoms with Crippen LogP contribution in [0.1, 0.15) is 17.8 Å². The largest absolute Gasteiger partial charge is 0.859 e. The van der Waals surface area contributed by atoms with Crippen LogP contribution in [0, 0.1) is 6.92 Å². The van der Waals surface area contributed by atoms with Crippen LogP contribution in [-0.2, 0) is 19.5 Å². The van der Waals surface area contributed by atoms with Crippen molar-refractivity contribution in [1.29, 1.82) is 0 Å². The van der Waals surface area contributed by atoms with Gasteiger partial charge in [0.05, 0.1) is 18.7 Å². The molecule has 6 heteroatoms. The molecule has 4 rings (SSSR count). The van der Waals surface area contributed by atoms with E-state index in [4.69, 9.17) is 11.6 Å². The molecule has 4 nitrogen and oxygen atoms in total. The summed E-state index contributed by atoms with van der Waals surface area (Å²) in [7, 11) is 0. The minimum atomic E-state index is -0.166. The van der Waals surface area contributed by atoms with Crippen LogP contribution in [-0.4, -0.2) is 10.5 Å². The Labute approximate surface area is 170 Å². The van der Waals surface area contributed by atoms with Gasteiger partial charge in [0.15, 0.2) is 5.69 Å². The third-order valence-electron chi connectivity index (χ3n) is 4.85. The lowest BCUT2D eigenvalue weighted by Crippen LogP contribution is -2.43. The molecule has 1 aromatic heterocycles. The second-order valence-corrected chi connectivity index (χ2v) is 6.98. The third kappa shape index (κ3) is 3.87. The first kappa shape index (κ1) is 19.5. The lowest BCUT2D eigenvalue weighted by atomic mass is 10.2. The van der Waals surface area contributed by atoms with Crippen LogP contribution in [0.15, 0.2) is 59.7 Å². The predicted octanol–water partition coefficient (Wildman–Crippen LogP) is 3.86. The molecule has 2 heterocycles. The molecule has 0 aliphatic carbocycles. The molecule has 0 amide bonds. The van der Waals surface area contributed by atoms with E-state index in [1.165, 1.54) is 11.4 Å². The number of hydrogen-bond donors (Lipinski definition) is 0. The summed E-state index contributed by atoms with van der Waals surface area (Å²) in [5.74, 6) is 1.02. The summed E-state index contributed by atoms with van der Waals surface area (Å²) in [6.07, 6.45) is 4.16. The first-order valence-electron chi connectivity index (χ1n) is 8.80. The zero-order chi connectivity index (χ0) is 18.1. The van der Waals surface area contributed by atoms with E-state index in [1.54, 1.807) is 0 Å². The lowest BCUT2D eigenvalue weighted by molar-refractivity contribution is -0.693. The van der Waals surface area contributed by atoms with Gasteiger partial charge in [0.1, 0.15) is 12.7 Å². The molecule has 1 aliphatic rings. The molecule has 27 heavy (non-hydrogen) atoms. The van der Waals surface area contributed by atoms with Gasteiger partial charge < -0.3 is 5.11 Å². The topological polar surface area (TPSA) is 44.2 Å². The fourth-order valence-electron chi connectivity index (χ4n) is 3.52. The van der Waals surface area contributed by atoms with E-state index in [-0.39, 0.29) is 24.8 Å². The van der Waals surface area contributed by atoms with Crippen LogP contribution in [0.5, 0.6) is 0 Å². The molecule has 0 saturated heterocycles. The highest BCUT2D eigenvalue weighted by Gasteiger charge is 2.28. The molecule has 2 aromatic carbocycles. The molecule has 0 N–H and O–H groups in total. The van der Waals surface area contributed by atoms with Crippen LogP contribution >= 0.6 is 24.0 Å². The Morgan fingerprint density at radius 3 is 2.74 bits per heavy atom. The second kappa shape index (κ2) is 8.15. The number of rotatable bonds is 4. The standard InChI is InChI=1S/C21H20ClN3O.ClH/c1-15-17(22)9-5-10-18(15)23-20(26)14-24-13-19(16-7-3-2-4-8-16)25-12-6-11-21(24)25;/h2-5,7-10,13H,6,11-12,14H2,1H3;1H. The van der Waals surface area contributed by atoms with Crippen LogP contribution in [0.25, 0.3) is 11.3 Å². The van der Waals surface area contributed by atoms with E-state index in [2.05, 4.69) is 27.9 Å². The highest BCUT2D eigenvalue weighted by molar-refractivity contribution is 6.31. The van der Waals surface area contributed by atoms with Crippen molar-refractivity contribution in [2.75, 3.05) is 0 Å². The summed E-state index contributed by atoms with van der Waals surface area (Å²) in [4.78, 5) is 4.27. The van der Waals surface area contributed by atoms with E-state index in [9.17, 15) is 5.11 Å². The molecule has 1 aliphatic heterocycles. The first-order valence-corrected chi connectivity index (χ1v) is 9.18. The Morgan fingerprint density at radius 1 is 1.19 bits per heavy atom. The van der Waals surface area contributed by atoms with Gasteiger partial charge in [-0.3, -0.25) is 4.99 Å². The van der Waals surface area contributed by atoms with Gasteiger partial charge in [-0.05, 0) is 31.0 Å². The van der Waals surface area contributed by atoms with E-state index in [0.29, 0.717) is 10.7 Å². The molecule has 0 radical (unpaired) electrons. The quantitative estimate of drug-likeness (QED) is 0.371. The smallest absolute Gasteiger partial charge is 0.257 e. The summed E-state index contributed by atoms with van der Waals surface area (Å²) >= 11 is 6.13. The Morgan fingerprint density at radius 2 is 1.96 bits per heavy atom. The number of halogens is 2. The molecule has 0 unspecified atom stereocenters. The van der Waals surface area contributed by atoms with Gasteiger partial charge >= 0.3 is 0 Å². The minimum Gasteiger partial charge on any atom is -0.859 e. The molecule has 3 aromatic rings. The minimum absolute atomic E-state index is 0. The highest BCUT2D eigenvalue weighted by Crippen LogP contribution is 2.26. The molecular weight excluding hydrogens is 381 g/mol. The summed E-state index contributed by atoms with van der Waals surface area (Å²) < 4.78 is 4.36. The number of aliphatic imine (C=N–C) groups is 1. The lowest BCUT2D eigenvalue weighted by Gasteiger charge is -2.10. The molecule has 0 atom stereocenters. The number of imidazole rings is 1. The van der Waals surface area contributed by atoms with Crippen molar-refractivity contribution in [2.24, 2.45) is 4.99 Å². The highest BCUT2D eigenvalue weighted by atomic mass is 35.5. The summed E-state index contributed by atoms with van der Waals surface area (Å²) in [6.45, 7) is 3.12. The van der Waals surface area contributed by atoms with Gasteiger partial charge in [0.2, 0.25) is 0 Å². The molecule has 0 saturated carbocycles.